The summed E-state index contributed by atoms with van der Waals surface area (Å²) in [5.74, 6) is 0.597. The van der Waals surface area contributed by atoms with Crippen LogP contribution in [0.25, 0.3) is 11.0 Å². The van der Waals surface area contributed by atoms with Crippen molar-refractivity contribution in [3.63, 3.8) is 0 Å². The van der Waals surface area contributed by atoms with Crippen LogP contribution in [0.4, 0.5) is 0 Å². The maximum absolute atomic E-state index is 11.8. The highest BCUT2D eigenvalue weighted by Crippen LogP contribution is 2.38. The summed E-state index contributed by atoms with van der Waals surface area (Å²) in [7, 11) is 0. The summed E-state index contributed by atoms with van der Waals surface area (Å²) >= 11 is 3.58. The SMILES string of the molecule is CC1c2c(c(=O)oc3ccccc23)OCC1Br. The topological polar surface area (TPSA) is 39.4 Å². The van der Waals surface area contributed by atoms with E-state index in [1.54, 1.807) is 0 Å². The van der Waals surface area contributed by atoms with Crippen LogP contribution in [0.1, 0.15) is 18.4 Å². The van der Waals surface area contributed by atoms with Gasteiger partial charge in [-0.05, 0) is 6.07 Å². The Kier molecular flexibility index (Phi) is 2.47. The monoisotopic (exact) mass is 294 g/mol. The number of para-hydroxylation sites is 1. The Morgan fingerprint density at radius 1 is 1.35 bits per heavy atom. The van der Waals surface area contributed by atoms with Crippen molar-refractivity contribution in [2.75, 3.05) is 6.61 Å². The van der Waals surface area contributed by atoms with Gasteiger partial charge < -0.3 is 9.15 Å². The van der Waals surface area contributed by atoms with Gasteiger partial charge in [0.15, 0.2) is 0 Å². The predicted octanol–water partition coefficient (Wildman–Crippen LogP) is 3.05. The van der Waals surface area contributed by atoms with E-state index in [1.165, 1.54) is 0 Å². The molecule has 4 heteroatoms. The standard InChI is InChI=1S/C13H11BrO3/c1-7-9(14)6-16-12-11(7)8-4-2-3-5-10(8)17-13(12)15/h2-5,7,9H,6H2,1H3. The lowest BCUT2D eigenvalue weighted by Crippen LogP contribution is -2.28. The smallest absolute Gasteiger partial charge is 0.379 e. The first kappa shape index (κ1) is 10.8. The van der Waals surface area contributed by atoms with Gasteiger partial charge in [-0.15, -0.1) is 0 Å². The van der Waals surface area contributed by atoms with Gasteiger partial charge >= 0.3 is 5.63 Å². The molecule has 2 heterocycles. The molecule has 0 fully saturated rings. The summed E-state index contributed by atoms with van der Waals surface area (Å²) in [5, 5.41) is 0.957. The molecule has 1 aliphatic rings. The fourth-order valence-electron chi connectivity index (χ4n) is 2.23. The van der Waals surface area contributed by atoms with Crippen molar-refractivity contribution >= 4 is 26.9 Å². The molecule has 2 unspecified atom stereocenters. The van der Waals surface area contributed by atoms with Crippen LogP contribution in [0, 0.1) is 0 Å². The summed E-state index contributed by atoms with van der Waals surface area (Å²) in [5.41, 5.74) is 1.18. The zero-order valence-corrected chi connectivity index (χ0v) is 10.9. The van der Waals surface area contributed by atoms with E-state index >= 15 is 0 Å². The van der Waals surface area contributed by atoms with Crippen LogP contribution in [0.3, 0.4) is 0 Å². The first-order chi connectivity index (χ1) is 8.18. The van der Waals surface area contributed by atoms with Crippen LogP contribution in [0.2, 0.25) is 0 Å². The summed E-state index contributed by atoms with van der Waals surface area (Å²) in [4.78, 5) is 12.0. The quantitative estimate of drug-likeness (QED) is 0.554. The maximum atomic E-state index is 11.8. The van der Waals surface area contributed by atoms with Gasteiger partial charge in [0.25, 0.3) is 0 Å². The van der Waals surface area contributed by atoms with Gasteiger partial charge in [0.05, 0.1) is 4.83 Å². The van der Waals surface area contributed by atoms with E-state index in [1.807, 2.05) is 24.3 Å². The molecule has 0 saturated heterocycles. The lowest BCUT2D eigenvalue weighted by Gasteiger charge is -2.27. The van der Waals surface area contributed by atoms with E-state index in [0.29, 0.717) is 17.9 Å². The predicted molar refractivity (Wildman–Crippen MR) is 69.1 cm³/mol. The minimum absolute atomic E-state index is 0.222. The van der Waals surface area contributed by atoms with E-state index in [9.17, 15) is 4.79 Å². The van der Waals surface area contributed by atoms with Gasteiger partial charge in [-0.25, -0.2) is 4.79 Å². The second-order valence-electron chi connectivity index (χ2n) is 4.24. The normalized spacial score (nSPS) is 23.2. The van der Waals surface area contributed by atoms with Gasteiger partial charge in [0, 0.05) is 16.9 Å². The summed E-state index contributed by atoms with van der Waals surface area (Å²) < 4.78 is 10.7. The summed E-state index contributed by atoms with van der Waals surface area (Å²) in [6, 6.07) is 7.56. The third kappa shape index (κ3) is 1.59. The molecule has 2 aromatic rings. The van der Waals surface area contributed by atoms with E-state index in [2.05, 4.69) is 22.9 Å². The Hall–Kier alpha value is -1.29. The van der Waals surface area contributed by atoms with Crippen LogP contribution in [0.15, 0.2) is 33.5 Å². The lowest BCUT2D eigenvalue weighted by atomic mass is 9.92. The van der Waals surface area contributed by atoms with Crippen LogP contribution in [-0.2, 0) is 0 Å². The fraction of sp³-hybridized carbons (Fsp3) is 0.308. The molecular formula is C13H11BrO3. The van der Waals surface area contributed by atoms with E-state index in [0.717, 1.165) is 10.9 Å². The summed E-state index contributed by atoms with van der Waals surface area (Å²) in [6.45, 7) is 2.59. The van der Waals surface area contributed by atoms with Crippen molar-refractivity contribution in [3.05, 3.63) is 40.2 Å². The average Bonchev–Trinajstić information content (AvgIpc) is 2.33. The zero-order chi connectivity index (χ0) is 12.0. The van der Waals surface area contributed by atoms with Crippen molar-refractivity contribution in [2.45, 2.75) is 17.7 Å². The molecule has 1 aromatic heterocycles. The molecule has 0 spiro atoms. The molecular weight excluding hydrogens is 284 g/mol. The molecule has 88 valence electrons. The highest BCUT2D eigenvalue weighted by molar-refractivity contribution is 9.09. The summed E-state index contributed by atoms with van der Waals surface area (Å²) in [6.07, 6.45) is 0. The third-order valence-electron chi connectivity index (χ3n) is 3.19. The average molecular weight is 295 g/mol. The number of halogens is 1. The van der Waals surface area contributed by atoms with Gasteiger partial charge in [0.2, 0.25) is 5.75 Å². The Morgan fingerprint density at radius 3 is 2.94 bits per heavy atom. The molecule has 17 heavy (non-hydrogen) atoms. The first-order valence-corrected chi connectivity index (χ1v) is 6.42. The molecule has 3 nitrogen and oxygen atoms in total. The Balaban J connectivity index is 2.41. The molecule has 0 radical (unpaired) electrons. The van der Waals surface area contributed by atoms with Crippen molar-refractivity contribution < 1.29 is 9.15 Å². The largest absolute Gasteiger partial charge is 0.485 e. The van der Waals surface area contributed by atoms with E-state index in [-0.39, 0.29) is 16.4 Å². The molecule has 2 atom stereocenters. The van der Waals surface area contributed by atoms with Gasteiger partial charge in [0.1, 0.15) is 12.2 Å². The second kappa shape index (κ2) is 3.88. The molecule has 0 saturated carbocycles. The van der Waals surface area contributed by atoms with Crippen molar-refractivity contribution in [1.82, 2.24) is 0 Å². The number of rotatable bonds is 0. The van der Waals surface area contributed by atoms with E-state index < -0.39 is 0 Å². The Bertz CT molecular complexity index is 632. The van der Waals surface area contributed by atoms with Crippen LogP contribution >= 0.6 is 15.9 Å². The fourth-order valence-corrected chi connectivity index (χ4v) is 2.63. The van der Waals surface area contributed by atoms with Crippen LogP contribution in [0.5, 0.6) is 5.75 Å². The third-order valence-corrected chi connectivity index (χ3v) is 4.25. The van der Waals surface area contributed by atoms with E-state index in [4.69, 9.17) is 9.15 Å². The maximum Gasteiger partial charge on any atom is 0.379 e. The van der Waals surface area contributed by atoms with Crippen LogP contribution < -0.4 is 10.4 Å². The number of fused-ring (bicyclic) bond motifs is 3. The zero-order valence-electron chi connectivity index (χ0n) is 9.27. The molecule has 0 amide bonds. The molecule has 0 bridgehead atoms. The number of alkyl halides is 1. The highest BCUT2D eigenvalue weighted by Gasteiger charge is 2.30. The minimum atomic E-state index is -0.384. The Morgan fingerprint density at radius 2 is 2.12 bits per heavy atom. The highest BCUT2D eigenvalue weighted by atomic mass is 79.9. The molecule has 3 rings (SSSR count). The molecule has 0 aliphatic carbocycles. The van der Waals surface area contributed by atoms with Crippen molar-refractivity contribution in [1.29, 1.82) is 0 Å². The number of hydrogen-bond acceptors (Lipinski definition) is 3. The van der Waals surface area contributed by atoms with Gasteiger partial charge in [-0.2, -0.15) is 0 Å². The number of ether oxygens (including phenoxy) is 1. The number of benzene rings is 1. The molecule has 1 aliphatic heterocycles. The molecule has 1 aromatic carbocycles. The van der Waals surface area contributed by atoms with Crippen molar-refractivity contribution in [3.8, 4) is 5.75 Å². The number of hydrogen-bond donors (Lipinski definition) is 0. The van der Waals surface area contributed by atoms with Gasteiger partial charge in [-0.3, -0.25) is 0 Å². The first-order valence-electron chi connectivity index (χ1n) is 5.51. The van der Waals surface area contributed by atoms with Crippen molar-refractivity contribution in [2.24, 2.45) is 0 Å². The second-order valence-corrected chi connectivity index (χ2v) is 5.42. The lowest BCUT2D eigenvalue weighted by molar-refractivity contribution is 0.268. The Labute approximate surface area is 107 Å². The van der Waals surface area contributed by atoms with Gasteiger partial charge in [-0.1, -0.05) is 41.1 Å². The minimum Gasteiger partial charge on any atom is -0.485 e. The van der Waals surface area contributed by atoms with Crippen LogP contribution in [-0.4, -0.2) is 11.4 Å². The molecule has 0 N–H and O–H groups in total.